The Labute approximate surface area is 96.4 Å². The molecular formula is C12H20FN3. The van der Waals surface area contributed by atoms with Gasteiger partial charge in [0.1, 0.15) is 5.82 Å². The normalized spacial score (nSPS) is 10.8. The third kappa shape index (κ3) is 4.49. The first kappa shape index (κ1) is 12.8. The van der Waals surface area contributed by atoms with E-state index in [9.17, 15) is 4.39 Å². The van der Waals surface area contributed by atoms with E-state index in [0.29, 0.717) is 11.4 Å². The van der Waals surface area contributed by atoms with Gasteiger partial charge in [-0.15, -0.1) is 0 Å². The smallest absolute Gasteiger partial charge is 0.125 e. The Morgan fingerprint density at radius 2 is 2.06 bits per heavy atom. The summed E-state index contributed by atoms with van der Waals surface area (Å²) >= 11 is 0. The summed E-state index contributed by atoms with van der Waals surface area (Å²) < 4.78 is 12.9. The van der Waals surface area contributed by atoms with E-state index >= 15 is 0 Å². The van der Waals surface area contributed by atoms with Crippen molar-refractivity contribution in [1.29, 1.82) is 0 Å². The average Bonchev–Trinajstić information content (AvgIpc) is 2.22. The summed E-state index contributed by atoms with van der Waals surface area (Å²) in [6.07, 6.45) is 2.17. The van der Waals surface area contributed by atoms with Gasteiger partial charge in [-0.3, -0.25) is 0 Å². The van der Waals surface area contributed by atoms with Crippen molar-refractivity contribution < 1.29 is 4.39 Å². The quantitative estimate of drug-likeness (QED) is 0.576. The van der Waals surface area contributed by atoms with Gasteiger partial charge in [-0.05, 0) is 51.7 Å². The fourth-order valence-electron chi connectivity index (χ4n) is 1.46. The number of hydrogen-bond acceptors (Lipinski definition) is 3. The van der Waals surface area contributed by atoms with Gasteiger partial charge in [0, 0.05) is 6.54 Å². The highest BCUT2D eigenvalue weighted by atomic mass is 19.1. The second kappa shape index (κ2) is 6.33. The highest BCUT2D eigenvalue weighted by Crippen LogP contribution is 2.18. The molecule has 0 heterocycles. The van der Waals surface area contributed by atoms with Crippen LogP contribution in [-0.2, 0) is 0 Å². The van der Waals surface area contributed by atoms with Crippen molar-refractivity contribution in [2.45, 2.75) is 12.8 Å². The van der Waals surface area contributed by atoms with Crippen LogP contribution >= 0.6 is 0 Å². The third-order valence-electron chi connectivity index (χ3n) is 2.36. The summed E-state index contributed by atoms with van der Waals surface area (Å²) in [4.78, 5) is 2.15. The molecule has 4 heteroatoms. The molecule has 0 aromatic heterocycles. The number of nitrogens with two attached hydrogens (primary N) is 1. The molecule has 0 unspecified atom stereocenters. The molecule has 0 radical (unpaired) electrons. The van der Waals surface area contributed by atoms with Crippen molar-refractivity contribution in [3.63, 3.8) is 0 Å². The Bertz CT molecular complexity index is 326. The molecule has 3 nitrogen and oxygen atoms in total. The predicted octanol–water partition coefficient (Wildman–Crippen LogP) is 2.16. The van der Waals surface area contributed by atoms with E-state index in [1.807, 2.05) is 0 Å². The first-order valence-corrected chi connectivity index (χ1v) is 5.53. The van der Waals surface area contributed by atoms with Gasteiger partial charge in [-0.2, -0.15) is 0 Å². The highest BCUT2D eigenvalue weighted by molar-refractivity contribution is 5.65. The van der Waals surface area contributed by atoms with Crippen LogP contribution in [-0.4, -0.2) is 32.1 Å². The predicted molar refractivity (Wildman–Crippen MR) is 67.1 cm³/mol. The third-order valence-corrected chi connectivity index (χ3v) is 2.36. The van der Waals surface area contributed by atoms with Gasteiger partial charge in [0.2, 0.25) is 0 Å². The first-order chi connectivity index (χ1) is 7.59. The van der Waals surface area contributed by atoms with Gasteiger partial charge in [0.05, 0.1) is 11.4 Å². The topological polar surface area (TPSA) is 41.3 Å². The number of nitrogens with zero attached hydrogens (tertiary/aromatic N) is 1. The lowest BCUT2D eigenvalue weighted by atomic mass is 10.2. The van der Waals surface area contributed by atoms with E-state index < -0.39 is 0 Å². The van der Waals surface area contributed by atoms with E-state index in [-0.39, 0.29) is 5.82 Å². The number of nitrogen functional groups attached to an aromatic ring is 1. The van der Waals surface area contributed by atoms with Crippen molar-refractivity contribution in [3.8, 4) is 0 Å². The summed E-state index contributed by atoms with van der Waals surface area (Å²) in [7, 11) is 4.11. The zero-order chi connectivity index (χ0) is 12.0. The minimum atomic E-state index is -0.259. The molecule has 0 aliphatic heterocycles. The van der Waals surface area contributed by atoms with Crippen LogP contribution in [0.1, 0.15) is 12.8 Å². The van der Waals surface area contributed by atoms with Crippen LogP contribution in [0.3, 0.4) is 0 Å². The zero-order valence-corrected chi connectivity index (χ0v) is 9.96. The number of nitrogens with one attached hydrogen (secondary N) is 1. The van der Waals surface area contributed by atoms with E-state index in [0.717, 1.165) is 25.9 Å². The van der Waals surface area contributed by atoms with Crippen molar-refractivity contribution in [1.82, 2.24) is 4.90 Å². The molecule has 1 aromatic carbocycles. The summed E-state index contributed by atoms with van der Waals surface area (Å²) in [6.45, 7) is 1.89. The molecule has 0 amide bonds. The van der Waals surface area contributed by atoms with Crippen molar-refractivity contribution in [2.75, 3.05) is 38.2 Å². The molecular weight excluding hydrogens is 205 g/mol. The lowest BCUT2D eigenvalue weighted by Gasteiger charge is -2.11. The lowest BCUT2D eigenvalue weighted by molar-refractivity contribution is 0.396. The first-order valence-electron chi connectivity index (χ1n) is 5.53. The molecule has 0 fully saturated rings. The number of anilines is 2. The highest BCUT2D eigenvalue weighted by Gasteiger charge is 2.00. The summed E-state index contributed by atoms with van der Waals surface area (Å²) in [5.41, 5.74) is 6.99. The molecule has 0 spiro atoms. The second-order valence-corrected chi connectivity index (χ2v) is 4.17. The van der Waals surface area contributed by atoms with E-state index in [4.69, 9.17) is 5.73 Å². The molecule has 0 bridgehead atoms. The SMILES string of the molecule is CN(C)CCCCNc1cc(F)ccc1N. The largest absolute Gasteiger partial charge is 0.397 e. The van der Waals surface area contributed by atoms with Crippen molar-refractivity contribution in [2.24, 2.45) is 0 Å². The summed E-state index contributed by atoms with van der Waals surface area (Å²) in [5, 5.41) is 3.14. The Balaban J connectivity index is 2.29. The number of halogens is 1. The molecule has 1 rings (SSSR count). The fraction of sp³-hybridized carbons (Fsp3) is 0.500. The van der Waals surface area contributed by atoms with Gasteiger partial charge in [-0.1, -0.05) is 0 Å². The van der Waals surface area contributed by atoms with Crippen LogP contribution in [0.5, 0.6) is 0 Å². The second-order valence-electron chi connectivity index (χ2n) is 4.17. The average molecular weight is 225 g/mol. The summed E-state index contributed by atoms with van der Waals surface area (Å²) in [5.74, 6) is -0.259. The van der Waals surface area contributed by atoms with E-state index in [1.54, 1.807) is 6.07 Å². The number of hydrogen-bond donors (Lipinski definition) is 2. The van der Waals surface area contributed by atoms with Crippen LogP contribution in [0.25, 0.3) is 0 Å². The minimum absolute atomic E-state index is 0.259. The molecule has 1 aromatic rings. The van der Waals surface area contributed by atoms with Crippen LogP contribution in [0.2, 0.25) is 0 Å². The number of benzene rings is 1. The minimum Gasteiger partial charge on any atom is -0.397 e. The fourth-order valence-corrected chi connectivity index (χ4v) is 1.46. The van der Waals surface area contributed by atoms with Crippen molar-refractivity contribution >= 4 is 11.4 Å². The molecule has 0 aliphatic rings. The maximum absolute atomic E-state index is 12.9. The maximum Gasteiger partial charge on any atom is 0.125 e. The van der Waals surface area contributed by atoms with E-state index in [1.165, 1.54) is 12.1 Å². The molecule has 0 saturated carbocycles. The molecule has 90 valence electrons. The van der Waals surface area contributed by atoms with Crippen LogP contribution in [0, 0.1) is 5.82 Å². The Hall–Kier alpha value is -1.29. The van der Waals surface area contributed by atoms with Gasteiger partial charge in [-0.25, -0.2) is 4.39 Å². The lowest BCUT2D eigenvalue weighted by Crippen LogP contribution is -2.14. The maximum atomic E-state index is 12.9. The number of unbranched alkanes of at least 4 members (excludes halogenated alkanes) is 1. The molecule has 0 atom stereocenters. The van der Waals surface area contributed by atoms with E-state index in [2.05, 4.69) is 24.3 Å². The Morgan fingerprint density at radius 3 is 2.75 bits per heavy atom. The Morgan fingerprint density at radius 1 is 1.31 bits per heavy atom. The Kier molecular flexibility index (Phi) is 5.05. The van der Waals surface area contributed by atoms with Crippen molar-refractivity contribution in [3.05, 3.63) is 24.0 Å². The molecule has 3 N–H and O–H groups in total. The monoisotopic (exact) mass is 225 g/mol. The van der Waals surface area contributed by atoms with Gasteiger partial charge < -0.3 is 16.0 Å². The van der Waals surface area contributed by atoms with Gasteiger partial charge >= 0.3 is 0 Å². The van der Waals surface area contributed by atoms with Gasteiger partial charge in [0.25, 0.3) is 0 Å². The van der Waals surface area contributed by atoms with Gasteiger partial charge in [0.15, 0.2) is 0 Å². The summed E-state index contributed by atoms with van der Waals surface area (Å²) in [6, 6.07) is 4.38. The standard InChI is InChI=1S/C12H20FN3/c1-16(2)8-4-3-7-15-12-9-10(13)5-6-11(12)14/h5-6,9,15H,3-4,7-8,14H2,1-2H3. The van der Waals surface area contributed by atoms with Crippen LogP contribution in [0.15, 0.2) is 18.2 Å². The number of rotatable bonds is 6. The van der Waals surface area contributed by atoms with Crippen LogP contribution in [0.4, 0.5) is 15.8 Å². The molecule has 0 aliphatic carbocycles. The molecule has 16 heavy (non-hydrogen) atoms. The van der Waals surface area contributed by atoms with Crippen LogP contribution < -0.4 is 11.1 Å². The molecule has 0 saturated heterocycles. The zero-order valence-electron chi connectivity index (χ0n) is 9.96.